The van der Waals surface area contributed by atoms with Crippen LogP contribution in [0.2, 0.25) is 0 Å². The Balaban J connectivity index is 3.05. The normalized spacial score (nSPS) is 10.0. The predicted octanol–water partition coefficient (Wildman–Crippen LogP) is 0.813. The fraction of sp³-hybridized carbons (Fsp3) is 0.200. The lowest BCUT2D eigenvalue weighted by Crippen LogP contribution is -2.01. The van der Waals surface area contributed by atoms with Gasteiger partial charge in [-0.15, -0.1) is 0 Å². The number of aromatic carboxylic acids is 1. The lowest BCUT2D eigenvalue weighted by atomic mass is 10.0. The van der Waals surface area contributed by atoms with Crippen LogP contribution >= 0.6 is 0 Å². The molecule has 0 bridgehead atoms. The minimum atomic E-state index is -1.34. The topological polar surface area (TPSA) is 115 Å². The lowest BCUT2D eigenvalue weighted by molar-refractivity contribution is -0.136. The van der Waals surface area contributed by atoms with E-state index in [0.29, 0.717) is 0 Å². The summed E-state index contributed by atoms with van der Waals surface area (Å²) >= 11 is 0. The van der Waals surface area contributed by atoms with E-state index in [4.69, 9.17) is 10.2 Å². The summed E-state index contributed by atoms with van der Waals surface area (Å²) in [7, 11) is 0. The molecule has 86 valence electrons. The van der Waals surface area contributed by atoms with Crippen molar-refractivity contribution in [3.8, 4) is 11.5 Å². The summed E-state index contributed by atoms with van der Waals surface area (Å²) in [5.41, 5.74) is -0.184. The second-order valence-electron chi connectivity index (χ2n) is 3.20. The molecule has 0 radical (unpaired) electrons. The summed E-state index contributed by atoms with van der Waals surface area (Å²) in [5.74, 6) is -3.26. The van der Waals surface area contributed by atoms with E-state index in [1.807, 2.05) is 0 Å². The van der Waals surface area contributed by atoms with Crippen LogP contribution in [-0.2, 0) is 11.2 Å². The zero-order chi connectivity index (χ0) is 12.3. The number of phenolic OH excluding ortho intramolecular Hbond substituents is 1. The number of hydrogen-bond acceptors (Lipinski definition) is 4. The number of rotatable bonds is 4. The molecular weight excluding hydrogens is 216 g/mol. The van der Waals surface area contributed by atoms with Crippen LogP contribution in [0.4, 0.5) is 0 Å². The molecule has 16 heavy (non-hydrogen) atoms. The third kappa shape index (κ3) is 2.63. The third-order valence-electron chi connectivity index (χ3n) is 2.04. The second kappa shape index (κ2) is 4.52. The van der Waals surface area contributed by atoms with Gasteiger partial charge in [-0.1, -0.05) is 0 Å². The molecule has 0 aliphatic rings. The van der Waals surface area contributed by atoms with E-state index in [1.165, 1.54) is 0 Å². The van der Waals surface area contributed by atoms with E-state index in [9.17, 15) is 19.8 Å². The van der Waals surface area contributed by atoms with Crippen LogP contribution in [0.3, 0.4) is 0 Å². The van der Waals surface area contributed by atoms with Gasteiger partial charge in [-0.2, -0.15) is 0 Å². The number of aromatic hydroxyl groups is 2. The molecule has 0 heterocycles. The summed E-state index contributed by atoms with van der Waals surface area (Å²) in [4.78, 5) is 21.0. The Bertz CT molecular complexity index is 437. The summed E-state index contributed by atoms with van der Waals surface area (Å²) in [6, 6.07) is 1.95. The van der Waals surface area contributed by atoms with E-state index in [1.54, 1.807) is 0 Å². The van der Waals surface area contributed by atoms with Gasteiger partial charge < -0.3 is 20.4 Å². The Hall–Kier alpha value is -2.24. The maximum atomic E-state index is 10.7. The molecule has 0 unspecified atom stereocenters. The smallest absolute Gasteiger partial charge is 0.339 e. The van der Waals surface area contributed by atoms with E-state index in [0.717, 1.165) is 12.1 Å². The van der Waals surface area contributed by atoms with Crippen LogP contribution in [0.1, 0.15) is 22.3 Å². The summed E-state index contributed by atoms with van der Waals surface area (Å²) in [6.45, 7) is 0. The molecule has 1 rings (SSSR count). The van der Waals surface area contributed by atoms with Gasteiger partial charge in [-0.05, 0) is 18.1 Å². The highest BCUT2D eigenvalue weighted by molar-refractivity contribution is 5.91. The van der Waals surface area contributed by atoms with Gasteiger partial charge in [0.15, 0.2) is 0 Å². The molecule has 0 aliphatic heterocycles. The van der Waals surface area contributed by atoms with E-state index < -0.39 is 17.7 Å². The van der Waals surface area contributed by atoms with Gasteiger partial charge in [0.25, 0.3) is 0 Å². The first kappa shape index (κ1) is 11.8. The average molecular weight is 226 g/mol. The van der Waals surface area contributed by atoms with Crippen molar-refractivity contribution in [1.29, 1.82) is 0 Å². The number of aliphatic carboxylic acids is 1. The average Bonchev–Trinajstić information content (AvgIpc) is 2.15. The molecule has 0 amide bonds. The number of carboxylic acid groups (broad SMARTS) is 2. The van der Waals surface area contributed by atoms with Crippen LogP contribution in [0.25, 0.3) is 0 Å². The fourth-order valence-corrected chi connectivity index (χ4v) is 1.24. The Morgan fingerprint density at radius 3 is 2.19 bits per heavy atom. The number of aryl methyl sites for hydroxylation is 1. The second-order valence-corrected chi connectivity index (χ2v) is 3.20. The van der Waals surface area contributed by atoms with Crippen LogP contribution in [0.5, 0.6) is 11.5 Å². The van der Waals surface area contributed by atoms with Crippen molar-refractivity contribution in [2.45, 2.75) is 12.8 Å². The van der Waals surface area contributed by atoms with Gasteiger partial charge >= 0.3 is 11.9 Å². The zero-order valence-corrected chi connectivity index (χ0v) is 8.17. The van der Waals surface area contributed by atoms with Crippen molar-refractivity contribution in [1.82, 2.24) is 0 Å². The molecule has 0 fully saturated rings. The highest BCUT2D eigenvalue weighted by Gasteiger charge is 2.14. The van der Waals surface area contributed by atoms with Crippen LogP contribution in [0, 0.1) is 0 Å². The van der Waals surface area contributed by atoms with Gasteiger partial charge in [0, 0.05) is 12.5 Å². The first-order valence-corrected chi connectivity index (χ1v) is 4.41. The number of benzene rings is 1. The highest BCUT2D eigenvalue weighted by Crippen LogP contribution is 2.28. The lowest BCUT2D eigenvalue weighted by Gasteiger charge is -2.06. The van der Waals surface area contributed by atoms with E-state index >= 15 is 0 Å². The Labute approximate surface area is 90.4 Å². The zero-order valence-electron chi connectivity index (χ0n) is 8.17. The van der Waals surface area contributed by atoms with Gasteiger partial charge in [-0.3, -0.25) is 4.79 Å². The molecule has 0 saturated carbocycles. The molecule has 6 nitrogen and oxygen atoms in total. The van der Waals surface area contributed by atoms with Crippen LogP contribution in [-0.4, -0.2) is 32.4 Å². The quantitative estimate of drug-likeness (QED) is 0.604. The van der Waals surface area contributed by atoms with Crippen molar-refractivity contribution in [2.75, 3.05) is 0 Å². The molecule has 0 aromatic heterocycles. The molecule has 0 saturated heterocycles. The summed E-state index contributed by atoms with van der Waals surface area (Å²) in [6.07, 6.45) is -0.223. The van der Waals surface area contributed by atoms with E-state index in [-0.39, 0.29) is 29.7 Å². The highest BCUT2D eigenvalue weighted by atomic mass is 16.4. The largest absolute Gasteiger partial charge is 0.508 e. The molecular formula is C10H10O6. The predicted molar refractivity (Wildman–Crippen MR) is 52.7 cm³/mol. The van der Waals surface area contributed by atoms with Gasteiger partial charge in [0.05, 0.1) is 0 Å². The molecule has 6 heteroatoms. The first-order valence-electron chi connectivity index (χ1n) is 4.41. The van der Waals surface area contributed by atoms with E-state index in [2.05, 4.69) is 0 Å². The number of carboxylic acids is 2. The van der Waals surface area contributed by atoms with Crippen LogP contribution in [0.15, 0.2) is 12.1 Å². The van der Waals surface area contributed by atoms with Crippen molar-refractivity contribution in [2.24, 2.45) is 0 Å². The molecule has 1 aromatic rings. The van der Waals surface area contributed by atoms with Crippen molar-refractivity contribution >= 4 is 11.9 Å². The van der Waals surface area contributed by atoms with Gasteiger partial charge in [-0.25, -0.2) is 4.79 Å². The Morgan fingerprint density at radius 1 is 1.06 bits per heavy atom. The molecule has 1 aromatic carbocycles. The molecule has 0 atom stereocenters. The van der Waals surface area contributed by atoms with Crippen molar-refractivity contribution in [3.63, 3.8) is 0 Å². The number of carbonyl (C=O) groups is 2. The SMILES string of the molecule is O=C(O)CCc1cc(C(=O)O)c(O)cc1O. The number of hydrogen-bond donors (Lipinski definition) is 4. The standard InChI is InChI=1S/C10H10O6/c11-7-4-8(12)6(10(15)16)3-5(7)1-2-9(13)14/h3-4,11-12H,1-2H2,(H,13,14)(H,15,16). The fourth-order valence-electron chi connectivity index (χ4n) is 1.24. The monoisotopic (exact) mass is 226 g/mol. The minimum Gasteiger partial charge on any atom is -0.508 e. The van der Waals surface area contributed by atoms with Crippen molar-refractivity contribution in [3.05, 3.63) is 23.3 Å². The maximum absolute atomic E-state index is 10.7. The third-order valence-corrected chi connectivity index (χ3v) is 2.04. The number of phenols is 2. The summed E-state index contributed by atoms with van der Waals surface area (Å²) in [5, 5.41) is 35.7. The summed E-state index contributed by atoms with van der Waals surface area (Å²) < 4.78 is 0. The molecule has 0 aliphatic carbocycles. The van der Waals surface area contributed by atoms with Crippen LogP contribution < -0.4 is 0 Å². The van der Waals surface area contributed by atoms with Gasteiger partial charge in [0.1, 0.15) is 17.1 Å². The molecule has 0 spiro atoms. The molecule has 4 N–H and O–H groups in total. The Kier molecular flexibility index (Phi) is 3.34. The maximum Gasteiger partial charge on any atom is 0.339 e. The first-order chi connectivity index (χ1) is 7.41. The van der Waals surface area contributed by atoms with Crippen molar-refractivity contribution < 1.29 is 30.0 Å². The minimum absolute atomic E-state index is 0.00171. The van der Waals surface area contributed by atoms with Gasteiger partial charge in [0.2, 0.25) is 0 Å². The Morgan fingerprint density at radius 2 is 1.69 bits per heavy atom.